The first-order valence-electron chi connectivity index (χ1n) is 9.14. The Morgan fingerprint density at radius 2 is 1.96 bits per heavy atom. The number of rotatable bonds is 5. The lowest BCUT2D eigenvalue weighted by atomic mass is 9.87. The van der Waals surface area contributed by atoms with Gasteiger partial charge < -0.3 is 15.4 Å². The van der Waals surface area contributed by atoms with Crippen molar-refractivity contribution in [2.45, 2.75) is 45.1 Å². The molecule has 1 aliphatic heterocycles. The molecule has 26 heavy (non-hydrogen) atoms. The maximum atomic E-state index is 12.5. The Bertz CT molecular complexity index is 745. The van der Waals surface area contributed by atoms with Crippen LogP contribution < -0.4 is 10.6 Å². The highest BCUT2D eigenvalue weighted by atomic mass is 16.5. The summed E-state index contributed by atoms with van der Waals surface area (Å²) in [6.07, 6.45) is 5.74. The van der Waals surface area contributed by atoms with Crippen molar-refractivity contribution in [3.05, 3.63) is 53.9 Å². The van der Waals surface area contributed by atoms with Gasteiger partial charge in [-0.25, -0.2) is 0 Å². The second-order valence-corrected chi connectivity index (χ2v) is 7.76. The molecule has 2 aromatic rings. The second-order valence-electron chi connectivity index (χ2n) is 7.76. The maximum absolute atomic E-state index is 12.5. The number of benzene rings is 1. The lowest BCUT2D eigenvalue weighted by molar-refractivity contribution is 0.102. The summed E-state index contributed by atoms with van der Waals surface area (Å²) in [5, 5.41) is 6.23. The van der Waals surface area contributed by atoms with E-state index in [2.05, 4.69) is 36.4 Å². The summed E-state index contributed by atoms with van der Waals surface area (Å²) in [5.74, 6) is -0.165. The van der Waals surface area contributed by atoms with E-state index in [0.29, 0.717) is 5.56 Å². The molecule has 0 spiro atoms. The van der Waals surface area contributed by atoms with Gasteiger partial charge >= 0.3 is 0 Å². The van der Waals surface area contributed by atoms with Crippen LogP contribution in [0.4, 0.5) is 11.4 Å². The molecular formula is C21H27N3O2. The summed E-state index contributed by atoms with van der Waals surface area (Å²) >= 11 is 0. The molecule has 5 heteroatoms. The molecule has 1 aromatic carbocycles. The SMILES string of the molecule is CC(C)(C)c1ccc(NC(=O)c2cncc(NCC3CCCO3)c2)cc1. The van der Waals surface area contributed by atoms with Crippen LogP contribution in [0.3, 0.4) is 0 Å². The molecule has 5 nitrogen and oxygen atoms in total. The molecule has 1 atom stereocenters. The van der Waals surface area contributed by atoms with Crippen LogP contribution in [-0.2, 0) is 10.2 Å². The van der Waals surface area contributed by atoms with Gasteiger partial charge in [0.2, 0.25) is 0 Å². The number of nitrogens with one attached hydrogen (secondary N) is 2. The minimum absolute atomic E-state index is 0.0927. The van der Waals surface area contributed by atoms with Crippen molar-refractivity contribution in [2.75, 3.05) is 23.8 Å². The van der Waals surface area contributed by atoms with Crippen LogP contribution >= 0.6 is 0 Å². The van der Waals surface area contributed by atoms with Gasteiger partial charge in [0.1, 0.15) is 0 Å². The number of nitrogens with zero attached hydrogens (tertiary/aromatic N) is 1. The number of hydrogen-bond acceptors (Lipinski definition) is 4. The molecule has 2 N–H and O–H groups in total. The average molecular weight is 353 g/mol. The minimum atomic E-state index is -0.165. The Morgan fingerprint density at radius 1 is 1.19 bits per heavy atom. The molecule has 1 unspecified atom stereocenters. The van der Waals surface area contributed by atoms with Crippen molar-refractivity contribution < 1.29 is 9.53 Å². The van der Waals surface area contributed by atoms with E-state index in [1.165, 1.54) is 5.56 Å². The molecule has 1 amide bonds. The Balaban J connectivity index is 1.61. The zero-order chi connectivity index (χ0) is 18.6. The predicted molar refractivity (Wildman–Crippen MR) is 105 cm³/mol. The first-order valence-corrected chi connectivity index (χ1v) is 9.14. The molecule has 3 rings (SSSR count). The van der Waals surface area contributed by atoms with E-state index in [0.717, 1.165) is 37.4 Å². The largest absolute Gasteiger partial charge is 0.381 e. The maximum Gasteiger partial charge on any atom is 0.257 e. The summed E-state index contributed by atoms with van der Waals surface area (Å²) in [4.78, 5) is 16.7. The van der Waals surface area contributed by atoms with Crippen molar-refractivity contribution in [1.82, 2.24) is 4.98 Å². The summed E-state index contributed by atoms with van der Waals surface area (Å²) in [7, 11) is 0. The first kappa shape index (κ1) is 18.4. The summed E-state index contributed by atoms with van der Waals surface area (Å²) in [5.41, 5.74) is 3.46. The van der Waals surface area contributed by atoms with E-state index in [9.17, 15) is 4.79 Å². The van der Waals surface area contributed by atoms with Crippen molar-refractivity contribution >= 4 is 17.3 Å². The van der Waals surface area contributed by atoms with Crippen LogP contribution in [0.5, 0.6) is 0 Å². The third-order valence-corrected chi connectivity index (χ3v) is 4.57. The lowest BCUT2D eigenvalue weighted by Crippen LogP contribution is -2.19. The Labute approximate surface area is 155 Å². The van der Waals surface area contributed by atoms with Crippen LogP contribution in [0, 0.1) is 0 Å². The normalized spacial score (nSPS) is 17.1. The first-order chi connectivity index (χ1) is 12.4. The van der Waals surface area contributed by atoms with E-state index < -0.39 is 0 Å². The van der Waals surface area contributed by atoms with Gasteiger partial charge in [0, 0.05) is 31.2 Å². The van der Waals surface area contributed by atoms with Crippen molar-refractivity contribution in [3.63, 3.8) is 0 Å². The van der Waals surface area contributed by atoms with Gasteiger partial charge in [0.05, 0.1) is 17.4 Å². The summed E-state index contributed by atoms with van der Waals surface area (Å²) in [6.45, 7) is 8.08. The Kier molecular flexibility index (Phi) is 5.57. The van der Waals surface area contributed by atoms with Gasteiger partial charge in [-0.3, -0.25) is 9.78 Å². The fourth-order valence-electron chi connectivity index (χ4n) is 2.95. The molecule has 1 aliphatic rings. The minimum Gasteiger partial charge on any atom is -0.381 e. The van der Waals surface area contributed by atoms with Gasteiger partial charge in [0.15, 0.2) is 0 Å². The van der Waals surface area contributed by atoms with Gasteiger partial charge in [-0.15, -0.1) is 0 Å². The van der Waals surface area contributed by atoms with Crippen molar-refractivity contribution in [2.24, 2.45) is 0 Å². The molecule has 2 heterocycles. The Hall–Kier alpha value is -2.40. The summed E-state index contributed by atoms with van der Waals surface area (Å²) in [6, 6.07) is 9.79. The van der Waals surface area contributed by atoms with E-state index in [1.54, 1.807) is 12.4 Å². The van der Waals surface area contributed by atoms with E-state index in [-0.39, 0.29) is 17.4 Å². The standard InChI is InChI=1S/C21H27N3O2/c1-21(2,3)16-6-8-17(9-7-16)24-20(25)15-11-18(13-22-12-15)23-14-19-5-4-10-26-19/h6-9,11-13,19,23H,4-5,10,14H2,1-3H3,(H,24,25). The van der Waals surface area contributed by atoms with Gasteiger partial charge in [-0.1, -0.05) is 32.9 Å². The number of carbonyl (C=O) groups excluding carboxylic acids is 1. The highest BCUT2D eigenvalue weighted by molar-refractivity contribution is 6.04. The average Bonchev–Trinajstić information content (AvgIpc) is 3.13. The second kappa shape index (κ2) is 7.87. The molecule has 0 bridgehead atoms. The highest BCUT2D eigenvalue weighted by Crippen LogP contribution is 2.23. The lowest BCUT2D eigenvalue weighted by Gasteiger charge is -2.19. The number of carbonyl (C=O) groups is 1. The third kappa shape index (κ3) is 4.82. The molecule has 0 saturated carbocycles. The number of pyridine rings is 1. The van der Waals surface area contributed by atoms with Crippen LogP contribution in [0.15, 0.2) is 42.7 Å². The van der Waals surface area contributed by atoms with Crippen molar-refractivity contribution in [1.29, 1.82) is 0 Å². The van der Waals surface area contributed by atoms with Gasteiger partial charge in [-0.05, 0) is 42.0 Å². The number of aromatic nitrogens is 1. The number of anilines is 2. The quantitative estimate of drug-likeness (QED) is 0.845. The zero-order valence-electron chi connectivity index (χ0n) is 15.7. The third-order valence-electron chi connectivity index (χ3n) is 4.57. The van der Waals surface area contributed by atoms with Crippen LogP contribution in [0.25, 0.3) is 0 Å². The molecule has 138 valence electrons. The van der Waals surface area contributed by atoms with Gasteiger partial charge in [0.25, 0.3) is 5.91 Å². The zero-order valence-corrected chi connectivity index (χ0v) is 15.7. The fourth-order valence-corrected chi connectivity index (χ4v) is 2.95. The van der Waals surface area contributed by atoms with E-state index in [4.69, 9.17) is 4.74 Å². The van der Waals surface area contributed by atoms with E-state index in [1.807, 2.05) is 30.3 Å². The Morgan fingerprint density at radius 3 is 2.62 bits per heavy atom. The topological polar surface area (TPSA) is 63.2 Å². The monoisotopic (exact) mass is 353 g/mol. The molecule has 0 radical (unpaired) electrons. The molecule has 0 aliphatic carbocycles. The molecule has 1 aromatic heterocycles. The van der Waals surface area contributed by atoms with Gasteiger partial charge in [-0.2, -0.15) is 0 Å². The molecular weight excluding hydrogens is 326 g/mol. The van der Waals surface area contributed by atoms with Crippen LogP contribution in [0.2, 0.25) is 0 Å². The predicted octanol–water partition coefficient (Wildman–Crippen LogP) is 4.22. The van der Waals surface area contributed by atoms with Crippen molar-refractivity contribution in [3.8, 4) is 0 Å². The highest BCUT2D eigenvalue weighted by Gasteiger charge is 2.16. The summed E-state index contributed by atoms with van der Waals surface area (Å²) < 4.78 is 5.60. The number of hydrogen-bond donors (Lipinski definition) is 2. The number of amides is 1. The fraction of sp³-hybridized carbons (Fsp3) is 0.429. The smallest absolute Gasteiger partial charge is 0.257 e. The number of ether oxygens (including phenoxy) is 1. The molecule has 1 fully saturated rings. The van der Waals surface area contributed by atoms with Crippen LogP contribution in [0.1, 0.15) is 49.5 Å². The molecule has 1 saturated heterocycles. The van der Waals surface area contributed by atoms with E-state index >= 15 is 0 Å². The van der Waals surface area contributed by atoms with Crippen LogP contribution in [-0.4, -0.2) is 30.1 Å².